The quantitative estimate of drug-likeness (QED) is 0.0749. The van der Waals surface area contributed by atoms with E-state index in [2.05, 4.69) is 70.1 Å². The Hall–Kier alpha value is 0.0569. The van der Waals surface area contributed by atoms with Crippen molar-refractivity contribution >= 4 is 9.76 Å². The van der Waals surface area contributed by atoms with Gasteiger partial charge in [-0.15, -0.1) is 0 Å². The molecule has 0 saturated carbocycles. The molecule has 0 rings (SSSR count). The SMILES string of the molecule is CCCN(CC)CCCC(CCCN(CC)CCC)(CCCN(CC)CCC)CC[SiH2]OC(CC)CC. The molecule has 224 valence electrons. The minimum absolute atomic E-state index is 0.423. The lowest BCUT2D eigenvalue weighted by Crippen LogP contribution is -2.31. The summed E-state index contributed by atoms with van der Waals surface area (Å²) < 4.78 is 6.43. The van der Waals surface area contributed by atoms with Crippen molar-refractivity contribution in [3.05, 3.63) is 0 Å². The van der Waals surface area contributed by atoms with E-state index in [-0.39, 0.29) is 0 Å². The summed E-state index contributed by atoms with van der Waals surface area (Å²) in [4.78, 5) is 8.03. The van der Waals surface area contributed by atoms with Crippen molar-refractivity contribution in [3.8, 4) is 0 Å². The van der Waals surface area contributed by atoms with Gasteiger partial charge in [0.05, 0.1) is 0 Å². The Morgan fingerprint density at radius 1 is 0.541 bits per heavy atom. The largest absolute Gasteiger partial charge is 0.421 e. The van der Waals surface area contributed by atoms with Crippen molar-refractivity contribution in [2.75, 3.05) is 58.9 Å². The highest BCUT2D eigenvalue weighted by molar-refractivity contribution is 6.27. The molecular formula is C32H71N3OSi. The fourth-order valence-electron chi connectivity index (χ4n) is 6.24. The van der Waals surface area contributed by atoms with Crippen molar-refractivity contribution in [1.29, 1.82) is 0 Å². The molecule has 5 heteroatoms. The Morgan fingerprint density at radius 2 is 0.919 bits per heavy atom. The molecule has 0 bridgehead atoms. The van der Waals surface area contributed by atoms with Gasteiger partial charge in [-0.05, 0) is 147 Å². The van der Waals surface area contributed by atoms with Gasteiger partial charge in [0.1, 0.15) is 0 Å². The maximum atomic E-state index is 6.43. The fourth-order valence-corrected chi connectivity index (χ4v) is 8.10. The molecule has 0 saturated heterocycles. The van der Waals surface area contributed by atoms with Crippen LogP contribution in [0.5, 0.6) is 0 Å². The standard InChI is InChI=1S/C32H71N3OSi/c1-9-24-33(14-6)27-17-20-32(21-18-28-34(15-7)25-10-2,22-19-29-35(16-8)26-11-3)23-30-37-36-31(12-4)13-5/h31H,9-30,37H2,1-8H3. The number of hydrogen-bond donors (Lipinski definition) is 0. The summed E-state index contributed by atoms with van der Waals surface area (Å²) in [6.07, 6.45) is 16.4. The number of nitrogens with zero attached hydrogens (tertiary/aromatic N) is 3. The first-order chi connectivity index (χ1) is 18.0. The van der Waals surface area contributed by atoms with Crippen LogP contribution < -0.4 is 0 Å². The van der Waals surface area contributed by atoms with Crippen molar-refractivity contribution in [3.63, 3.8) is 0 Å². The third kappa shape index (κ3) is 18.1. The second-order valence-corrected chi connectivity index (χ2v) is 13.0. The van der Waals surface area contributed by atoms with Crippen LogP contribution in [0.3, 0.4) is 0 Å². The van der Waals surface area contributed by atoms with Gasteiger partial charge < -0.3 is 19.1 Å². The molecule has 0 aliphatic rings. The van der Waals surface area contributed by atoms with Gasteiger partial charge in [0.25, 0.3) is 0 Å². The molecule has 0 aromatic carbocycles. The molecule has 0 N–H and O–H groups in total. The lowest BCUT2D eigenvalue weighted by atomic mass is 9.73. The lowest BCUT2D eigenvalue weighted by molar-refractivity contribution is 0.151. The molecule has 0 atom stereocenters. The second-order valence-electron chi connectivity index (χ2n) is 11.5. The zero-order valence-electron chi connectivity index (χ0n) is 27.1. The molecular weight excluding hydrogens is 470 g/mol. The van der Waals surface area contributed by atoms with Crippen molar-refractivity contribution < 1.29 is 4.43 Å². The minimum Gasteiger partial charge on any atom is -0.421 e. The summed E-state index contributed by atoms with van der Waals surface area (Å²) in [6, 6.07) is 1.36. The van der Waals surface area contributed by atoms with Gasteiger partial charge in [-0.1, -0.05) is 55.4 Å². The van der Waals surface area contributed by atoms with Gasteiger partial charge in [0, 0.05) is 6.10 Å². The van der Waals surface area contributed by atoms with Crippen LogP contribution in [-0.2, 0) is 4.43 Å². The Labute approximate surface area is 237 Å². The molecule has 0 amide bonds. The second kappa shape index (κ2) is 25.1. The molecule has 37 heavy (non-hydrogen) atoms. The van der Waals surface area contributed by atoms with E-state index in [0.717, 1.165) is 0 Å². The van der Waals surface area contributed by atoms with Crippen molar-refractivity contribution in [1.82, 2.24) is 14.7 Å². The smallest absolute Gasteiger partial charge is 0.161 e. The van der Waals surface area contributed by atoms with Crippen LogP contribution in [0.2, 0.25) is 6.04 Å². The van der Waals surface area contributed by atoms with Crippen molar-refractivity contribution in [2.24, 2.45) is 5.41 Å². The first kappa shape index (κ1) is 37.1. The van der Waals surface area contributed by atoms with Gasteiger partial charge in [-0.3, -0.25) is 0 Å². The lowest BCUT2D eigenvalue weighted by Gasteiger charge is -2.37. The first-order valence-electron chi connectivity index (χ1n) is 16.8. The molecule has 0 heterocycles. The zero-order valence-corrected chi connectivity index (χ0v) is 28.5. The maximum Gasteiger partial charge on any atom is 0.161 e. The van der Waals surface area contributed by atoms with Gasteiger partial charge >= 0.3 is 0 Å². The summed E-state index contributed by atoms with van der Waals surface area (Å²) in [5, 5.41) is 0. The molecule has 0 aromatic heterocycles. The molecule has 0 spiro atoms. The van der Waals surface area contributed by atoms with Crippen LogP contribution >= 0.6 is 0 Å². The topological polar surface area (TPSA) is 19.0 Å². The van der Waals surface area contributed by atoms with Crippen LogP contribution in [0.25, 0.3) is 0 Å². The molecule has 0 unspecified atom stereocenters. The van der Waals surface area contributed by atoms with Gasteiger partial charge in [0.15, 0.2) is 9.76 Å². The Morgan fingerprint density at radius 3 is 1.22 bits per heavy atom. The van der Waals surface area contributed by atoms with E-state index in [1.165, 1.54) is 142 Å². The van der Waals surface area contributed by atoms with Crippen LogP contribution in [0.4, 0.5) is 0 Å². The molecule has 0 aliphatic carbocycles. The molecule has 4 nitrogen and oxygen atoms in total. The van der Waals surface area contributed by atoms with E-state index in [0.29, 0.717) is 11.5 Å². The Kier molecular flexibility index (Phi) is 25.1. The van der Waals surface area contributed by atoms with Crippen LogP contribution in [0.15, 0.2) is 0 Å². The molecule has 0 aliphatic heterocycles. The van der Waals surface area contributed by atoms with Gasteiger partial charge in [-0.2, -0.15) is 0 Å². The summed E-state index contributed by atoms with van der Waals surface area (Å²) in [7, 11) is -0.423. The highest BCUT2D eigenvalue weighted by atomic mass is 28.2. The monoisotopic (exact) mass is 542 g/mol. The third-order valence-corrected chi connectivity index (χ3v) is 9.97. The highest BCUT2D eigenvalue weighted by Gasteiger charge is 2.29. The van der Waals surface area contributed by atoms with Crippen LogP contribution in [0.1, 0.15) is 132 Å². The maximum absolute atomic E-state index is 6.43. The van der Waals surface area contributed by atoms with Crippen LogP contribution in [-0.4, -0.2) is 89.5 Å². The van der Waals surface area contributed by atoms with E-state index in [1.807, 2.05) is 0 Å². The van der Waals surface area contributed by atoms with E-state index in [4.69, 9.17) is 4.43 Å². The highest BCUT2D eigenvalue weighted by Crippen LogP contribution is 2.40. The van der Waals surface area contributed by atoms with Crippen LogP contribution in [0, 0.1) is 5.41 Å². The number of rotatable bonds is 28. The predicted octanol–water partition coefficient (Wildman–Crippen LogP) is 7.61. The fraction of sp³-hybridized carbons (Fsp3) is 1.00. The molecule has 0 radical (unpaired) electrons. The summed E-state index contributed by atoms with van der Waals surface area (Å²) in [5.41, 5.74) is 0.507. The molecule has 0 aromatic rings. The van der Waals surface area contributed by atoms with Crippen molar-refractivity contribution in [2.45, 2.75) is 145 Å². The van der Waals surface area contributed by atoms with E-state index in [1.54, 1.807) is 0 Å². The average molecular weight is 542 g/mol. The Balaban J connectivity index is 5.44. The average Bonchev–Trinajstić information content (AvgIpc) is 2.91. The van der Waals surface area contributed by atoms with Gasteiger partial charge in [0.2, 0.25) is 0 Å². The molecule has 0 fully saturated rings. The summed E-state index contributed by atoms with van der Waals surface area (Å²) >= 11 is 0. The minimum atomic E-state index is -0.423. The predicted molar refractivity (Wildman–Crippen MR) is 171 cm³/mol. The Bertz CT molecular complexity index is 425. The zero-order chi connectivity index (χ0) is 27.8. The summed E-state index contributed by atoms with van der Waals surface area (Å²) in [5.74, 6) is 0. The normalized spacial score (nSPS) is 13.0. The van der Waals surface area contributed by atoms with E-state index in [9.17, 15) is 0 Å². The number of hydrogen-bond acceptors (Lipinski definition) is 4. The van der Waals surface area contributed by atoms with Gasteiger partial charge in [-0.25, -0.2) is 0 Å². The van der Waals surface area contributed by atoms with E-state index >= 15 is 0 Å². The van der Waals surface area contributed by atoms with E-state index < -0.39 is 9.76 Å². The summed E-state index contributed by atoms with van der Waals surface area (Å²) in [6.45, 7) is 29.7. The third-order valence-electron chi connectivity index (χ3n) is 8.62. The first-order valence-corrected chi connectivity index (χ1v) is 18.3.